The number of hydrogen-bond acceptors (Lipinski definition) is 5. The third-order valence-corrected chi connectivity index (χ3v) is 6.23. The van der Waals surface area contributed by atoms with Gasteiger partial charge < -0.3 is 16.0 Å². The number of piperidine rings is 1. The number of nitrogens with two attached hydrogens (primary N) is 1. The van der Waals surface area contributed by atoms with Crippen LogP contribution in [-0.4, -0.2) is 58.4 Å². The minimum Gasteiger partial charge on any atom is -0.371 e. The Bertz CT molecular complexity index is 713. The van der Waals surface area contributed by atoms with Crippen molar-refractivity contribution in [2.75, 3.05) is 38.6 Å². The molecular weight excluding hydrogens is 340 g/mol. The van der Waals surface area contributed by atoms with E-state index in [0.29, 0.717) is 12.1 Å². The monoisotopic (exact) mass is 368 g/mol. The molecule has 0 spiro atoms. The molecule has 2 rings (SSSR count). The van der Waals surface area contributed by atoms with E-state index in [-0.39, 0.29) is 16.8 Å². The summed E-state index contributed by atoms with van der Waals surface area (Å²) < 4.78 is 26.0. The zero-order valence-corrected chi connectivity index (χ0v) is 16.0. The van der Waals surface area contributed by atoms with Crippen molar-refractivity contribution < 1.29 is 13.2 Å². The second-order valence-electron chi connectivity index (χ2n) is 6.62. The van der Waals surface area contributed by atoms with Crippen molar-refractivity contribution in [1.29, 1.82) is 0 Å². The van der Waals surface area contributed by atoms with Crippen LogP contribution in [0.1, 0.15) is 36.5 Å². The molecule has 0 radical (unpaired) electrons. The summed E-state index contributed by atoms with van der Waals surface area (Å²) >= 11 is 0. The van der Waals surface area contributed by atoms with E-state index in [2.05, 4.69) is 10.2 Å². The fourth-order valence-corrected chi connectivity index (χ4v) is 3.77. The van der Waals surface area contributed by atoms with Gasteiger partial charge in [0.2, 0.25) is 10.0 Å². The van der Waals surface area contributed by atoms with Gasteiger partial charge >= 0.3 is 0 Å². The van der Waals surface area contributed by atoms with Crippen molar-refractivity contribution in [1.82, 2.24) is 9.62 Å². The lowest BCUT2D eigenvalue weighted by atomic mass is 10.1. The summed E-state index contributed by atoms with van der Waals surface area (Å²) in [6.07, 6.45) is 3.31. The van der Waals surface area contributed by atoms with E-state index in [0.717, 1.165) is 35.9 Å². The van der Waals surface area contributed by atoms with E-state index in [9.17, 15) is 13.2 Å². The molecule has 1 aliphatic heterocycles. The number of carbonyl (C=O) groups is 1. The number of carbonyl (C=O) groups excluding carboxylic acids is 1. The van der Waals surface area contributed by atoms with E-state index in [4.69, 9.17) is 5.73 Å². The van der Waals surface area contributed by atoms with E-state index in [1.54, 1.807) is 12.1 Å². The highest BCUT2D eigenvalue weighted by atomic mass is 32.2. The van der Waals surface area contributed by atoms with Gasteiger partial charge in [-0.05, 0) is 44.4 Å². The predicted octanol–water partition coefficient (Wildman–Crippen LogP) is 1.00. The SMILES string of the molecule is C[C@@H](CN)NC(=O)c1cc(S(=O)(=O)N(C)C)ccc1N1CCCCC1. The highest BCUT2D eigenvalue weighted by molar-refractivity contribution is 7.89. The molecule has 1 fully saturated rings. The van der Waals surface area contributed by atoms with Gasteiger partial charge in [0.15, 0.2) is 0 Å². The van der Waals surface area contributed by atoms with Crippen LogP contribution in [0, 0.1) is 0 Å². The van der Waals surface area contributed by atoms with Crippen molar-refractivity contribution in [3.05, 3.63) is 23.8 Å². The summed E-state index contributed by atoms with van der Waals surface area (Å²) in [5.74, 6) is -0.297. The van der Waals surface area contributed by atoms with Gasteiger partial charge in [0, 0.05) is 45.5 Å². The molecule has 1 aromatic rings. The highest BCUT2D eigenvalue weighted by Crippen LogP contribution is 2.28. The lowest BCUT2D eigenvalue weighted by Gasteiger charge is -2.31. The molecule has 25 heavy (non-hydrogen) atoms. The van der Waals surface area contributed by atoms with Gasteiger partial charge in [0.25, 0.3) is 5.91 Å². The normalized spacial score (nSPS) is 16.8. The Morgan fingerprint density at radius 2 is 1.92 bits per heavy atom. The number of amides is 1. The minimum absolute atomic E-state index is 0.115. The molecule has 0 aromatic heterocycles. The summed E-state index contributed by atoms with van der Waals surface area (Å²) in [6.45, 7) is 3.87. The average molecular weight is 369 g/mol. The molecule has 1 aromatic carbocycles. The quantitative estimate of drug-likeness (QED) is 0.781. The van der Waals surface area contributed by atoms with Crippen molar-refractivity contribution in [3.8, 4) is 0 Å². The maximum absolute atomic E-state index is 12.7. The van der Waals surface area contributed by atoms with Crippen molar-refractivity contribution >= 4 is 21.6 Å². The number of anilines is 1. The topological polar surface area (TPSA) is 95.7 Å². The van der Waals surface area contributed by atoms with Crippen LogP contribution in [0.15, 0.2) is 23.1 Å². The lowest BCUT2D eigenvalue weighted by molar-refractivity contribution is 0.0941. The third kappa shape index (κ3) is 4.50. The molecule has 1 heterocycles. The number of rotatable bonds is 6. The van der Waals surface area contributed by atoms with Crippen LogP contribution in [0.2, 0.25) is 0 Å². The summed E-state index contributed by atoms with van der Waals surface area (Å²) in [5, 5.41) is 2.83. The molecule has 0 saturated carbocycles. The molecule has 8 heteroatoms. The maximum atomic E-state index is 12.7. The van der Waals surface area contributed by atoms with Gasteiger partial charge in [-0.15, -0.1) is 0 Å². The number of nitrogens with zero attached hydrogens (tertiary/aromatic N) is 2. The first-order chi connectivity index (χ1) is 11.8. The van der Waals surface area contributed by atoms with Crippen LogP contribution < -0.4 is 16.0 Å². The molecule has 1 atom stereocenters. The summed E-state index contributed by atoms with van der Waals surface area (Å²) in [6, 6.07) is 4.60. The Balaban J connectivity index is 2.46. The fourth-order valence-electron chi connectivity index (χ4n) is 2.84. The third-order valence-electron chi connectivity index (χ3n) is 4.42. The summed E-state index contributed by atoms with van der Waals surface area (Å²) in [4.78, 5) is 15.0. The minimum atomic E-state index is -3.60. The van der Waals surface area contributed by atoms with Crippen LogP contribution in [0.3, 0.4) is 0 Å². The largest absolute Gasteiger partial charge is 0.371 e. The molecule has 140 valence electrons. The Labute approximate surface area is 150 Å². The van der Waals surface area contributed by atoms with Gasteiger partial charge in [-0.25, -0.2) is 12.7 Å². The second-order valence-corrected chi connectivity index (χ2v) is 8.78. The van der Waals surface area contributed by atoms with E-state index in [1.165, 1.54) is 26.6 Å². The van der Waals surface area contributed by atoms with Crippen LogP contribution in [0.5, 0.6) is 0 Å². The zero-order valence-electron chi connectivity index (χ0n) is 15.2. The standard InChI is InChI=1S/C17H28N4O3S/c1-13(12-18)19-17(22)15-11-14(25(23,24)20(2)3)7-8-16(15)21-9-5-4-6-10-21/h7-8,11,13H,4-6,9-10,12,18H2,1-3H3,(H,19,22)/t13-/m0/s1. The molecule has 7 nitrogen and oxygen atoms in total. The van der Waals surface area contributed by atoms with Gasteiger partial charge in [-0.1, -0.05) is 0 Å². The maximum Gasteiger partial charge on any atom is 0.253 e. The molecule has 0 bridgehead atoms. The molecule has 1 aliphatic rings. The fraction of sp³-hybridized carbons (Fsp3) is 0.588. The van der Waals surface area contributed by atoms with E-state index < -0.39 is 10.0 Å². The first kappa shape index (κ1) is 19.7. The summed E-state index contributed by atoms with van der Waals surface area (Å²) in [7, 11) is -0.652. The van der Waals surface area contributed by atoms with E-state index >= 15 is 0 Å². The van der Waals surface area contributed by atoms with Crippen LogP contribution >= 0.6 is 0 Å². The molecule has 0 aliphatic carbocycles. The zero-order chi connectivity index (χ0) is 18.6. The van der Waals surface area contributed by atoms with Gasteiger partial charge in [-0.3, -0.25) is 4.79 Å². The molecule has 0 unspecified atom stereocenters. The Morgan fingerprint density at radius 1 is 1.28 bits per heavy atom. The molecule has 1 amide bonds. The van der Waals surface area contributed by atoms with Crippen LogP contribution in [-0.2, 0) is 10.0 Å². The van der Waals surface area contributed by atoms with Crippen molar-refractivity contribution in [2.24, 2.45) is 5.73 Å². The molecule has 1 saturated heterocycles. The molecular formula is C17H28N4O3S. The van der Waals surface area contributed by atoms with Gasteiger partial charge in [0.1, 0.15) is 0 Å². The van der Waals surface area contributed by atoms with Gasteiger partial charge in [0.05, 0.1) is 10.5 Å². The second kappa shape index (κ2) is 8.16. The Morgan fingerprint density at radius 3 is 2.48 bits per heavy atom. The average Bonchev–Trinajstić information content (AvgIpc) is 2.61. The number of nitrogens with one attached hydrogen (secondary N) is 1. The van der Waals surface area contributed by atoms with Crippen molar-refractivity contribution in [3.63, 3.8) is 0 Å². The highest BCUT2D eigenvalue weighted by Gasteiger charge is 2.24. The first-order valence-electron chi connectivity index (χ1n) is 8.60. The van der Waals surface area contributed by atoms with Crippen LogP contribution in [0.25, 0.3) is 0 Å². The molecule has 3 N–H and O–H groups in total. The lowest BCUT2D eigenvalue weighted by Crippen LogP contribution is -2.39. The van der Waals surface area contributed by atoms with Crippen LogP contribution in [0.4, 0.5) is 5.69 Å². The summed E-state index contributed by atoms with van der Waals surface area (Å²) in [5.41, 5.74) is 6.75. The number of hydrogen-bond donors (Lipinski definition) is 2. The smallest absolute Gasteiger partial charge is 0.253 e. The van der Waals surface area contributed by atoms with Crippen molar-refractivity contribution in [2.45, 2.75) is 37.1 Å². The predicted molar refractivity (Wildman–Crippen MR) is 99.4 cm³/mol. The first-order valence-corrected chi connectivity index (χ1v) is 10.0. The number of sulfonamides is 1. The van der Waals surface area contributed by atoms with E-state index in [1.807, 2.05) is 6.92 Å². The number of benzene rings is 1. The van der Waals surface area contributed by atoms with Gasteiger partial charge in [-0.2, -0.15) is 0 Å². The Hall–Kier alpha value is -1.64. The Kier molecular flexibility index (Phi) is 6.42.